The van der Waals surface area contributed by atoms with E-state index in [1.165, 1.54) is 6.42 Å². The van der Waals surface area contributed by atoms with Crippen molar-refractivity contribution in [2.45, 2.75) is 37.7 Å². The summed E-state index contributed by atoms with van der Waals surface area (Å²) in [6, 6.07) is 1.76. The van der Waals surface area contributed by atoms with E-state index in [2.05, 4.69) is 4.98 Å². The molecule has 15 heavy (non-hydrogen) atoms. The molecule has 0 saturated heterocycles. The van der Waals surface area contributed by atoms with E-state index in [9.17, 15) is 4.79 Å². The van der Waals surface area contributed by atoms with Gasteiger partial charge in [0.15, 0.2) is 0 Å². The minimum absolute atomic E-state index is 0.172. The molecule has 1 saturated carbocycles. The molecule has 0 aromatic carbocycles. The predicted molar refractivity (Wildman–Crippen MR) is 54.4 cm³/mol. The number of carbonyl (C=O) groups is 1. The number of fused-ring (bicyclic) bond motifs is 2. The fraction of sp³-hybridized carbons (Fsp3) is 0.500. The van der Waals surface area contributed by atoms with E-state index in [1.54, 1.807) is 18.5 Å². The van der Waals surface area contributed by atoms with Crippen LogP contribution in [0.5, 0.6) is 0 Å². The second-order valence-electron chi connectivity index (χ2n) is 4.37. The molecular formula is C12H13NO2. The Labute approximate surface area is 88.5 Å². The third-order valence-electron chi connectivity index (χ3n) is 3.48. The highest BCUT2D eigenvalue weighted by molar-refractivity contribution is 5.94. The van der Waals surface area contributed by atoms with Gasteiger partial charge in [0, 0.05) is 18.0 Å². The molecule has 3 heteroatoms. The van der Waals surface area contributed by atoms with Crippen LogP contribution in [0.4, 0.5) is 0 Å². The van der Waals surface area contributed by atoms with Crippen LogP contribution >= 0.6 is 0 Å². The molecule has 1 aliphatic heterocycles. The minimum Gasteiger partial charge on any atom is -0.450 e. The Balaban J connectivity index is 2.10. The Kier molecular flexibility index (Phi) is 1.81. The largest absolute Gasteiger partial charge is 0.450 e. The number of hydrogen-bond acceptors (Lipinski definition) is 3. The van der Waals surface area contributed by atoms with Crippen LogP contribution in [0.1, 0.15) is 48.0 Å². The van der Waals surface area contributed by atoms with E-state index in [0.29, 0.717) is 5.56 Å². The maximum Gasteiger partial charge on any atom is 0.339 e. The standard InChI is InChI=1S/C12H13NO2/c14-11-9-4-7-13-8-10(9)12(15-11)5-2-1-3-6-12/h4,7-8H,1-3,5-6H2. The molecule has 0 N–H and O–H groups in total. The molecule has 2 heterocycles. The van der Waals surface area contributed by atoms with Gasteiger partial charge in [-0.3, -0.25) is 4.98 Å². The summed E-state index contributed by atoms with van der Waals surface area (Å²) in [4.78, 5) is 15.8. The van der Waals surface area contributed by atoms with Crippen molar-refractivity contribution in [3.8, 4) is 0 Å². The maximum absolute atomic E-state index is 11.7. The molecule has 2 aliphatic rings. The average molecular weight is 203 g/mol. The van der Waals surface area contributed by atoms with Crippen molar-refractivity contribution in [2.24, 2.45) is 0 Å². The van der Waals surface area contributed by atoms with E-state index < -0.39 is 0 Å². The highest BCUT2D eigenvalue weighted by atomic mass is 16.6. The van der Waals surface area contributed by atoms with Crippen LogP contribution in [0.15, 0.2) is 18.5 Å². The Morgan fingerprint density at radius 1 is 1.27 bits per heavy atom. The van der Waals surface area contributed by atoms with E-state index >= 15 is 0 Å². The first-order chi connectivity index (χ1) is 7.32. The zero-order chi connectivity index (χ0) is 10.3. The van der Waals surface area contributed by atoms with Crippen LogP contribution in [0.2, 0.25) is 0 Å². The van der Waals surface area contributed by atoms with Gasteiger partial charge < -0.3 is 4.74 Å². The smallest absolute Gasteiger partial charge is 0.339 e. The van der Waals surface area contributed by atoms with Gasteiger partial charge in [-0.2, -0.15) is 0 Å². The van der Waals surface area contributed by atoms with Gasteiger partial charge in [-0.25, -0.2) is 4.79 Å². The Morgan fingerprint density at radius 2 is 2.07 bits per heavy atom. The van der Waals surface area contributed by atoms with Crippen molar-refractivity contribution in [2.75, 3.05) is 0 Å². The molecule has 0 bridgehead atoms. The summed E-state index contributed by atoms with van der Waals surface area (Å²) in [5, 5.41) is 0. The number of pyridine rings is 1. The summed E-state index contributed by atoms with van der Waals surface area (Å²) < 4.78 is 5.58. The SMILES string of the molecule is O=C1OC2(CCCCC2)c2cnccc21. The highest BCUT2D eigenvalue weighted by Crippen LogP contribution is 2.46. The summed E-state index contributed by atoms with van der Waals surface area (Å²) in [7, 11) is 0. The number of aromatic nitrogens is 1. The highest BCUT2D eigenvalue weighted by Gasteiger charge is 2.45. The van der Waals surface area contributed by atoms with Crippen molar-refractivity contribution in [1.29, 1.82) is 0 Å². The van der Waals surface area contributed by atoms with Crippen LogP contribution in [0, 0.1) is 0 Å². The van der Waals surface area contributed by atoms with E-state index in [4.69, 9.17) is 4.74 Å². The third-order valence-corrected chi connectivity index (χ3v) is 3.48. The lowest BCUT2D eigenvalue weighted by Gasteiger charge is -2.32. The molecule has 1 spiro atoms. The zero-order valence-corrected chi connectivity index (χ0v) is 8.53. The first-order valence-corrected chi connectivity index (χ1v) is 5.50. The van der Waals surface area contributed by atoms with Gasteiger partial charge in [-0.15, -0.1) is 0 Å². The van der Waals surface area contributed by atoms with Crippen LogP contribution in [-0.2, 0) is 10.3 Å². The lowest BCUT2D eigenvalue weighted by molar-refractivity contribution is -0.0281. The second kappa shape index (κ2) is 3.05. The number of hydrogen-bond donors (Lipinski definition) is 0. The normalized spacial score (nSPS) is 22.5. The molecule has 1 fully saturated rings. The molecule has 0 radical (unpaired) electrons. The van der Waals surface area contributed by atoms with E-state index in [0.717, 1.165) is 31.2 Å². The second-order valence-corrected chi connectivity index (χ2v) is 4.37. The van der Waals surface area contributed by atoms with Crippen LogP contribution < -0.4 is 0 Å². The summed E-state index contributed by atoms with van der Waals surface area (Å²) in [5.41, 5.74) is 1.39. The Morgan fingerprint density at radius 3 is 2.87 bits per heavy atom. The summed E-state index contributed by atoms with van der Waals surface area (Å²) in [6.07, 6.45) is 8.89. The summed E-state index contributed by atoms with van der Waals surface area (Å²) in [6.45, 7) is 0. The van der Waals surface area contributed by atoms with Crippen molar-refractivity contribution in [3.05, 3.63) is 29.6 Å². The lowest BCUT2D eigenvalue weighted by Crippen LogP contribution is -2.28. The predicted octanol–water partition coefficient (Wildman–Crippen LogP) is 2.41. The topological polar surface area (TPSA) is 39.2 Å². The number of nitrogens with zero attached hydrogens (tertiary/aromatic N) is 1. The van der Waals surface area contributed by atoms with Gasteiger partial charge in [0.1, 0.15) is 5.60 Å². The van der Waals surface area contributed by atoms with Gasteiger partial charge in [-0.05, 0) is 31.7 Å². The first kappa shape index (κ1) is 8.89. The van der Waals surface area contributed by atoms with Gasteiger partial charge in [0.25, 0.3) is 0 Å². The molecular weight excluding hydrogens is 190 g/mol. The Bertz CT molecular complexity index is 408. The van der Waals surface area contributed by atoms with Gasteiger partial charge in [0.2, 0.25) is 0 Å². The fourth-order valence-electron chi connectivity index (χ4n) is 2.72. The monoisotopic (exact) mass is 203 g/mol. The molecule has 1 aromatic rings. The van der Waals surface area contributed by atoms with Crippen molar-refractivity contribution in [1.82, 2.24) is 4.98 Å². The number of ether oxygens (including phenoxy) is 1. The third kappa shape index (κ3) is 1.19. The molecule has 3 nitrogen and oxygen atoms in total. The average Bonchev–Trinajstić information content (AvgIpc) is 2.55. The van der Waals surface area contributed by atoms with Crippen LogP contribution in [0.25, 0.3) is 0 Å². The van der Waals surface area contributed by atoms with Crippen molar-refractivity contribution in [3.63, 3.8) is 0 Å². The summed E-state index contributed by atoms with van der Waals surface area (Å²) in [5.74, 6) is -0.172. The first-order valence-electron chi connectivity index (χ1n) is 5.50. The van der Waals surface area contributed by atoms with Gasteiger partial charge in [-0.1, -0.05) is 6.42 Å². The number of rotatable bonds is 0. The molecule has 3 rings (SSSR count). The molecule has 0 unspecified atom stereocenters. The lowest BCUT2D eigenvalue weighted by atomic mass is 9.80. The molecule has 78 valence electrons. The molecule has 1 aliphatic carbocycles. The van der Waals surface area contributed by atoms with Gasteiger partial charge in [0.05, 0.1) is 5.56 Å². The maximum atomic E-state index is 11.7. The fourth-order valence-corrected chi connectivity index (χ4v) is 2.72. The van der Waals surface area contributed by atoms with Gasteiger partial charge >= 0.3 is 5.97 Å². The van der Waals surface area contributed by atoms with Crippen molar-refractivity contribution < 1.29 is 9.53 Å². The summed E-state index contributed by atoms with van der Waals surface area (Å²) >= 11 is 0. The van der Waals surface area contributed by atoms with Crippen LogP contribution in [0.3, 0.4) is 0 Å². The Hall–Kier alpha value is -1.38. The van der Waals surface area contributed by atoms with Crippen LogP contribution in [-0.4, -0.2) is 11.0 Å². The molecule has 0 amide bonds. The quantitative estimate of drug-likeness (QED) is 0.608. The number of esters is 1. The van der Waals surface area contributed by atoms with E-state index in [1.807, 2.05) is 0 Å². The van der Waals surface area contributed by atoms with E-state index in [-0.39, 0.29) is 11.6 Å². The molecule has 0 atom stereocenters. The zero-order valence-electron chi connectivity index (χ0n) is 8.53. The minimum atomic E-state index is -0.334. The molecule has 1 aromatic heterocycles. The van der Waals surface area contributed by atoms with Crippen molar-refractivity contribution >= 4 is 5.97 Å². The number of carbonyl (C=O) groups excluding carboxylic acids is 1.